The van der Waals surface area contributed by atoms with Gasteiger partial charge in [-0.25, -0.2) is 9.97 Å². The fourth-order valence-corrected chi connectivity index (χ4v) is 7.22. The summed E-state index contributed by atoms with van der Waals surface area (Å²) in [4.78, 5) is 13.9. The Morgan fingerprint density at radius 1 is 0.448 bits per heavy atom. The Kier molecular flexibility index (Phi) is 13.2. The first kappa shape index (κ1) is 40.8. The molecule has 0 amide bonds. The maximum Gasteiger partial charge on any atom is 0.0814 e. The molecule has 0 spiro atoms. The van der Waals surface area contributed by atoms with Crippen LogP contribution in [0.2, 0.25) is 0 Å². The summed E-state index contributed by atoms with van der Waals surface area (Å²) in [6.45, 7) is 0. The molecule has 8 bridgehead atoms. The van der Waals surface area contributed by atoms with E-state index in [1.165, 1.54) is 0 Å². The van der Waals surface area contributed by atoms with Crippen LogP contribution < -0.4 is 5.32 Å². The van der Waals surface area contributed by atoms with Crippen LogP contribution in [0.5, 0.6) is 0 Å². The van der Waals surface area contributed by atoms with Crippen molar-refractivity contribution in [1.82, 2.24) is 24.8 Å². The van der Waals surface area contributed by atoms with Crippen LogP contribution >= 0.6 is 0 Å². The molecule has 0 fully saturated rings. The topological polar surface area (TPSA) is 58.5 Å². The van der Waals surface area contributed by atoms with Crippen molar-refractivity contribution in [2.75, 3.05) is 0 Å². The molecule has 10 rings (SSSR count). The van der Waals surface area contributed by atoms with Crippen molar-refractivity contribution in [2.45, 2.75) is 0 Å². The van der Waals surface area contributed by atoms with Gasteiger partial charge in [-0.15, -0.1) is 0 Å². The zero-order valence-electron chi connectivity index (χ0n) is 30.8. The Balaban J connectivity index is 0.000000516. The van der Waals surface area contributed by atoms with Gasteiger partial charge in [0.05, 0.1) is 42.2 Å². The van der Waals surface area contributed by atoms with Gasteiger partial charge in [0.2, 0.25) is 0 Å². The van der Waals surface area contributed by atoms with Crippen molar-refractivity contribution >= 4 is 54.8 Å². The number of nitrogens with zero attached hydrogens (tertiary/aromatic N) is 3. The number of H-pyrrole nitrogens is 1. The number of benzene rings is 4. The van der Waals surface area contributed by atoms with E-state index in [0.29, 0.717) is 0 Å². The summed E-state index contributed by atoms with van der Waals surface area (Å²) in [6.07, 6.45) is 20.0. The fraction of sp³-hybridized carbons (Fsp3) is 0. The van der Waals surface area contributed by atoms with Crippen LogP contribution in [0.25, 0.3) is 85.4 Å². The molecular formula is C50H40BFN5Rh. The van der Waals surface area contributed by atoms with Crippen LogP contribution in [0.15, 0.2) is 188 Å². The summed E-state index contributed by atoms with van der Waals surface area (Å²) < 4.78 is 2.41. The van der Waals surface area contributed by atoms with E-state index < -0.39 is 0 Å². The van der Waals surface area contributed by atoms with Gasteiger partial charge in [0.25, 0.3) is 0 Å². The van der Waals surface area contributed by atoms with Gasteiger partial charge in [-0.2, -0.15) is 0 Å². The molecule has 0 atom stereocenters. The molecule has 2 radical (unpaired) electrons. The van der Waals surface area contributed by atoms with Crippen LogP contribution in [0.3, 0.4) is 0 Å². The van der Waals surface area contributed by atoms with Crippen molar-refractivity contribution in [3.8, 4) is 39.1 Å². The van der Waals surface area contributed by atoms with E-state index in [9.17, 15) is 0 Å². The summed E-state index contributed by atoms with van der Waals surface area (Å²) in [5.41, 5.74) is 15.4. The van der Waals surface area contributed by atoms with Crippen molar-refractivity contribution in [1.29, 1.82) is 0 Å². The summed E-state index contributed by atoms with van der Waals surface area (Å²) in [5.74, 6) is 0. The third-order valence-corrected chi connectivity index (χ3v) is 9.59. The minimum Gasteiger partial charge on any atom is -0.368 e. The van der Waals surface area contributed by atoms with Crippen molar-refractivity contribution < 1.29 is 24.2 Å². The molecule has 58 heavy (non-hydrogen) atoms. The Bertz CT molecular complexity index is 2810. The van der Waals surface area contributed by atoms with E-state index in [1.807, 2.05) is 36.7 Å². The minimum atomic E-state index is 0. The number of halogens is 1. The smallest absolute Gasteiger partial charge is 0.0814 e. The molecule has 6 heterocycles. The van der Waals surface area contributed by atoms with Crippen molar-refractivity contribution in [3.05, 3.63) is 211 Å². The zero-order chi connectivity index (χ0) is 36.8. The molecule has 2 N–H and O–H groups in total. The van der Waals surface area contributed by atoms with E-state index in [2.05, 4.69) is 191 Å². The van der Waals surface area contributed by atoms with Gasteiger partial charge in [0.1, 0.15) is 0 Å². The van der Waals surface area contributed by atoms with Gasteiger partial charge in [-0.1, -0.05) is 121 Å². The van der Waals surface area contributed by atoms with Crippen LogP contribution in [-0.2, 0) is 19.5 Å². The Morgan fingerprint density at radius 2 is 0.914 bits per heavy atom. The monoisotopic (exact) mass is 843 g/mol. The predicted molar refractivity (Wildman–Crippen MR) is 242 cm³/mol. The molecule has 7 aromatic rings. The van der Waals surface area contributed by atoms with Gasteiger partial charge >= 0.3 is 0 Å². The number of aromatic amines is 1. The van der Waals surface area contributed by atoms with Gasteiger partial charge in [-0.05, 0) is 95.6 Å². The molecule has 0 saturated heterocycles. The Morgan fingerprint density at radius 3 is 1.48 bits per heavy atom. The summed E-state index contributed by atoms with van der Waals surface area (Å²) >= 11 is 0. The molecule has 0 unspecified atom stereocenters. The van der Waals surface area contributed by atoms with Crippen molar-refractivity contribution in [3.63, 3.8) is 0 Å². The number of hydrogen-bond acceptors (Lipinski definition) is 3. The number of nitrogens with one attached hydrogen (secondary N) is 2. The van der Waals surface area contributed by atoms with E-state index in [-0.39, 0.29) is 32.6 Å². The zero-order valence-corrected chi connectivity index (χ0v) is 32.4. The molecule has 0 saturated carbocycles. The molecular weight excluding hydrogens is 803 g/mol. The van der Waals surface area contributed by atoms with E-state index in [0.717, 1.165) is 83.9 Å². The SMILES string of the molecule is B.C1=CC=CNC=C1.C1=Cc2cc3c(-c4ccccc4)c(-c4ccccc4)c(c(-c4ccccc4)c4nc(cc5ccc(cc1n2)[nH]5)C=C4)n3-c1ccccc1.[F].[Rh]. The number of hydrogen-bond donors (Lipinski definition) is 2. The number of para-hydroxylation sites is 1. The van der Waals surface area contributed by atoms with Crippen molar-refractivity contribution in [2.24, 2.45) is 0 Å². The Labute approximate surface area is 352 Å². The summed E-state index contributed by atoms with van der Waals surface area (Å²) in [6, 6.07) is 53.3. The molecule has 5 nitrogen and oxygen atoms in total. The van der Waals surface area contributed by atoms with Gasteiger partial charge in [0.15, 0.2) is 0 Å². The molecule has 3 aliphatic rings. The van der Waals surface area contributed by atoms with E-state index >= 15 is 0 Å². The average Bonchev–Trinajstić information content (AvgIpc) is 4.01. The van der Waals surface area contributed by atoms with E-state index in [4.69, 9.17) is 9.97 Å². The first-order chi connectivity index (χ1) is 27.3. The minimum absolute atomic E-state index is 0. The maximum absolute atomic E-state index is 5.29. The molecule has 8 heteroatoms. The third-order valence-electron chi connectivity index (χ3n) is 9.59. The number of allylic oxidation sites excluding steroid dienone is 4. The second kappa shape index (κ2) is 18.8. The molecule has 0 aliphatic carbocycles. The average molecular weight is 844 g/mol. The molecule has 4 aromatic carbocycles. The summed E-state index contributed by atoms with van der Waals surface area (Å²) in [7, 11) is 0. The second-order valence-corrected chi connectivity index (χ2v) is 13.2. The van der Waals surface area contributed by atoms with Crippen LogP contribution in [0.1, 0.15) is 22.8 Å². The largest absolute Gasteiger partial charge is 0.368 e. The second-order valence-electron chi connectivity index (χ2n) is 13.2. The summed E-state index contributed by atoms with van der Waals surface area (Å²) in [5, 5.41) is 2.92. The molecule has 284 valence electrons. The number of rotatable bonds is 4. The fourth-order valence-electron chi connectivity index (χ4n) is 7.22. The van der Waals surface area contributed by atoms with Gasteiger partial charge in [0, 0.05) is 70.0 Å². The predicted octanol–water partition coefficient (Wildman–Crippen LogP) is 11.5. The van der Waals surface area contributed by atoms with Gasteiger partial charge < -0.3 is 14.9 Å². The maximum atomic E-state index is 5.29. The first-order valence-corrected chi connectivity index (χ1v) is 18.4. The van der Waals surface area contributed by atoms with Crippen LogP contribution in [0.4, 0.5) is 4.70 Å². The normalized spacial score (nSPS) is 11.9. The van der Waals surface area contributed by atoms with Crippen LogP contribution in [-0.4, -0.2) is 27.9 Å². The van der Waals surface area contributed by atoms with E-state index in [1.54, 1.807) is 0 Å². The van der Waals surface area contributed by atoms with Crippen LogP contribution in [0, 0.1) is 0 Å². The first-order valence-electron chi connectivity index (χ1n) is 18.4. The number of fused-ring (bicyclic) bond motifs is 8. The Hall–Kier alpha value is -6.88. The standard InChI is InChI=1S/C44H30N4.C6H7N.BH3.F.Rh/c1-5-13-30(14-6-1)41-39-26-25-36(47-39)28-35-22-21-33(45-35)27-34-23-24-37(46-34)29-40-42(31-15-7-2-8-16-31)43(32-17-9-3-10-18-32)44(41)48(40)38-19-11-4-12-20-38;1-2-4-6-7-5-3-1;;;/h1-29,45H;1-7H;1H3;;. The molecule has 3 aromatic heterocycles. The molecule has 3 aliphatic heterocycles. The number of aromatic nitrogens is 4. The third kappa shape index (κ3) is 8.58. The van der Waals surface area contributed by atoms with Gasteiger partial charge in [-0.3, -0.25) is 0 Å². The quantitative estimate of drug-likeness (QED) is 0.174.